The number of para-hydroxylation sites is 2. The standard InChI is InChI=1S/C24H25ClN4O4/c1-32-15-16-33-21-10-6-5-9-19(21)23(30)28-13-11-27(12-14-28)20-17-26-29(24(31)22(20)25)18-7-3-2-4-8-18/h2-10,17H,11-16H2,1H3. The zero-order valence-electron chi connectivity index (χ0n) is 18.3. The van der Waals surface area contributed by atoms with Crippen molar-refractivity contribution in [2.75, 3.05) is 51.4 Å². The first-order chi connectivity index (χ1) is 16.1. The number of piperazine rings is 1. The molecule has 3 aromatic rings. The van der Waals surface area contributed by atoms with Crippen LogP contribution in [0, 0.1) is 0 Å². The van der Waals surface area contributed by atoms with Crippen molar-refractivity contribution in [1.29, 1.82) is 0 Å². The van der Waals surface area contributed by atoms with Gasteiger partial charge in [-0.05, 0) is 24.3 Å². The second kappa shape index (κ2) is 10.5. The van der Waals surface area contributed by atoms with Crippen molar-refractivity contribution in [2.45, 2.75) is 0 Å². The Kier molecular flexibility index (Phi) is 7.26. The van der Waals surface area contributed by atoms with Crippen LogP contribution >= 0.6 is 11.6 Å². The normalized spacial score (nSPS) is 13.8. The lowest BCUT2D eigenvalue weighted by Gasteiger charge is -2.36. The predicted molar refractivity (Wildman–Crippen MR) is 127 cm³/mol. The van der Waals surface area contributed by atoms with Crippen molar-refractivity contribution < 1.29 is 14.3 Å². The zero-order chi connectivity index (χ0) is 23.2. The molecule has 1 aromatic heterocycles. The van der Waals surface area contributed by atoms with Gasteiger partial charge in [-0.25, -0.2) is 0 Å². The Labute approximate surface area is 196 Å². The number of hydrogen-bond acceptors (Lipinski definition) is 6. The Morgan fingerprint density at radius 2 is 1.70 bits per heavy atom. The number of hydrogen-bond donors (Lipinski definition) is 0. The second-order valence-electron chi connectivity index (χ2n) is 7.51. The number of amides is 1. The van der Waals surface area contributed by atoms with Gasteiger partial charge >= 0.3 is 0 Å². The fourth-order valence-electron chi connectivity index (χ4n) is 3.72. The number of aromatic nitrogens is 2. The summed E-state index contributed by atoms with van der Waals surface area (Å²) in [6.07, 6.45) is 1.60. The smallest absolute Gasteiger partial charge is 0.292 e. The third kappa shape index (κ3) is 5.02. The van der Waals surface area contributed by atoms with Gasteiger partial charge in [0.1, 0.15) is 17.4 Å². The molecule has 9 heteroatoms. The molecule has 1 aliphatic rings. The van der Waals surface area contributed by atoms with Gasteiger partial charge in [0.05, 0.1) is 29.7 Å². The van der Waals surface area contributed by atoms with Gasteiger partial charge in [-0.3, -0.25) is 9.59 Å². The largest absolute Gasteiger partial charge is 0.490 e. The molecule has 1 amide bonds. The minimum Gasteiger partial charge on any atom is -0.490 e. The third-order valence-corrected chi connectivity index (χ3v) is 5.83. The van der Waals surface area contributed by atoms with E-state index in [-0.39, 0.29) is 16.5 Å². The van der Waals surface area contributed by atoms with Crippen LogP contribution in [0.1, 0.15) is 10.4 Å². The van der Waals surface area contributed by atoms with Crippen LogP contribution in [0.5, 0.6) is 5.75 Å². The Morgan fingerprint density at radius 1 is 1.00 bits per heavy atom. The van der Waals surface area contributed by atoms with Gasteiger partial charge < -0.3 is 19.3 Å². The number of carbonyl (C=O) groups is 1. The lowest BCUT2D eigenvalue weighted by Crippen LogP contribution is -2.49. The van der Waals surface area contributed by atoms with E-state index in [1.807, 2.05) is 35.2 Å². The van der Waals surface area contributed by atoms with Crippen LogP contribution < -0.4 is 15.2 Å². The van der Waals surface area contributed by atoms with E-state index in [1.165, 1.54) is 4.68 Å². The summed E-state index contributed by atoms with van der Waals surface area (Å²) in [6, 6.07) is 16.3. The van der Waals surface area contributed by atoms with Crippen LogP contribution in [0.2, 0.25) is 5.02 Å². The van der Waals surface area contributed by atoms with Gasteiger partial charge in [-0.1, -0.05) is 41.9 Å². The average molecular weight is 469 g/mol. The topological polar surface area (TPSA) is 76.9 Å². The molecule has 33 heavy (non-hydrogen) atoms. The summed E-state index contributed by atoms with van der Waals surface area (Å²) in [4.78, 5) is 29.7. The predicted octanol–water partition coefficient (Wildman–Crippen LogP) is 2.87. The lowest BCUT2D eigenvalue weighted by atomic mass is 10.1. The van der Waals surface area contributed by atoms with Gasteiger partial charge in [0.25, 0.3) is 11.5 Å². The number of anilines is 1. The molecule has 0 radical (unpaired) electrons. The number of rotatable bonds is 7. The van der Waals surface area contributed by atoms with Crippen LogP contribution in [0.25, 0.3) is 5.69 Å². The van der Waals surface area contributed by atoms with Crippen LogP contribution in [-0.2, 0) is 4.74 Å². The fourth-order valence-corrected chi connectivity index (χ4v) is 3.97. The van der Waals surface area contributed by atoms with Gasteiger partial charge in [-0.2, -0.15) is 9.78 Å². The minimum absolute atomic E-state index is 0.0913. The molecule has 4 rings (SSSR count). The Morgan fingerprint density at radius 3 is 2.42 bits per heavy atom. The molecule has 1 aliphatic heterocycles. The summed E-state index contributed by atoms with van der Waals surface area (Å²) in [5, 5.41) is 4.42. The molecule has 2 heterocycles. The summed E-state index contributed by atoms with van der Waals surface area (Å²) < 4.78 is 12.0. The second-order valence-corrected chi connectivity index (χ2v) is 7.89. The van der Waals surface area contributed by atoms with Crippen LogP contribution in [-0.4, -0.2) is 67.1 Å². The third-order valence-electron chi connectivity index (χ3n) is 5.47. The molecular formula is C24H25ClN4O4. The molecule has 0 spiro atoms. The highest BCUT2D eigenvalue weighted by molar-refractivity contribution is 6.33. The number of ether oxygens (including phenoxy) is 2. The number of benzene rings is 2. The Bertz CT molecular complexity index is 1160. The molecule has 0 bridgehead atoms. The van der Waals surface area contributed by atoms with Crippen LogP contribution in [0.4, 0.5) is 5.69 Å². The summed E-state index contributed by atoms with van der Waals surface area (Å²) in [5.74, 6) is 0.449. The van der Waals surface area contributed by atoms with Gasteiger partial charge in [0, 0.05) is 33.3 Å². The number of carbonyl (C=O) groups excluding carboxylic acids is 1. The monoisotopic (exact) mass is 468 g/mol. The van der Waals surface area contributed by atoms with Gasteiger partial charge in [0.2, 0.25) is 0 Å². The van der Waals surface area contributed by atoms with Crippen molar-refractivity contribution >= 4 is 23.2 Å². The van der Waals surface area contributed by atoms with E-state index in [9.17, 15) is 9.59 Å². The molecule has 8 nitrogen and oxygen atoms in total. The summed E-state index contributed by atoms with van der Waals surface area (Å²) >= 11 is 6.44. The summed E-state index contributed by atoms with van der Waals surface area (Å²) in [7, 11) is 1.60. The lowest BCUT2D eigenvalue weighted by molar-refractivity contribution is 0.0739. The maximum absolute atomic E-state index is 13.1. The quantitative estimate of drug-likeness (QED) is 0.496. The Hall–Kier alpha value is -3.36. The van der Waals surface area contributed by atoms with E-state index >= 15 is 0 Å². The van der Waals surface area contributed by atoms with Gasteiger partial charge in [-0.15, -0.1) is 0 Å². The van der Waals surface area contributed by atoms with Crippen LogP contribution in [0.15, 0.2) is 65.6 Å². The Balaban J connectivity index is 1.45. The highest BCUT2D eigenvalue weighted by Gasteiger charge is 2.26. The van der Waals surface area contributed by atoms with Crippen LogP contribution in [0.3, 0.4) is 0 Å². The average Bonchev–Trinajstić information content (AvgIpc) is 2.86. The first-order valence-electron chi connectivity index (χ1n) is 10.7. The summed E-state index contributed by atoms with van der Waals surface area (Å²) in [6.45, 7) is 2.86. The van der Waals surface area contributed by atoms with Crippen molar-refractivity contribution in [3.05, 3.63) is 81.7 Å². The van der Waals surface area contributed by atoms with E-state index in [2.05, 4.69) is 5.10 Å². The van der Waals surface area contributed by atoms with E-state index in [1.54, 1.807) is 42.5 Å². The SMILES string of the molecule is COCCOc1ccccc1C(=O)N1CCN(c2cnn(-c3ccccc3)c(=O)c2Cl)CC1. The van der Waals surface area contributed by atoms with E-state index in [4.69, 9.17) is 21.1 Å². The zero-order valence-corrected chi connectivity index (χ0v) is 19.1. The molecule has 2 aromatic carbocycles. The molecule has 0 unspecified atom stereocenters. The highest BCUT2D eigenvalue weighted by Crippen LogP contribution is 2.25. The molecule has 0 aliphatic carbocycles. The molecule has 0 N–H and O–H groups in total. The van der Waals surface area contributed by atoms with Crippen molar-refractivity contribution in [1.82, 2.24) is 14.7 Å². The van der Waals surface area contributed by atoms with Crippen molar-refractivity contribution in [3.8, 4) is 11.4 Å². The maximum atomic E-state index is 13.1. The first kappa shape index (κ1) is 22.8. The molecule has 172 valence electrons. The number of methoxy groups -OCH3 is 1. The number of halogens is 1. The molecule has 1 saturated heterocycles. The van der Waals surface area contributed by atoms with Crippen molar-refractivity contribution in [2.24, 2.45) is 0 Å². The fraction of sp³-hybridized carbons (Fsp3) is 0.292. The van der Waals surface area contributed by atoms with Crippen molar-refractivity contribution in [3.63, 3.8) is 0 Å². The molecule has 0 atom stereocenters. The van der Waals surface area contributed by atoms with E-state index < -0.39 is 0 Å². The molecular weight excluding hydrogens is 444 g/mol. The molecule has 1 fully saturated rings. The maximum Gasteiger partial charge on any atom is 0.292 e. The highest BCUT2D eigenvalue weighted by atomic mass is 35.5. The molecule has 0 saturated carbocycles. The first-order valence-corrected chi connectivity index (χ1v) is 11.1. The minimum atomic E-state index is -0.374. The van der Waals surface area contributed by atoms with Gasteiger partial charge in [0.15, 0.2) is 0 Å². The number of nitrogens with zero attached hydrogens (tertiary/aromatic N) is 4. The van der Waals surface area contributed by atoms with E-state index in [0.717, 1.165) is 0 Å². The van der Waals surface area contributed by atoms with E-state index in [0.29, 0.717) is 62.1 Å². The summed E-state index contributed by atoms with van der Waals surface area (Å²) in [5.41, 5.74) is 1.37.